The summed E-state index contributed by atoms with van der Waals surface area (Å²) in [5.41, 5.74) is 0. The van der Waals surface area contributed by atoms with Crippen molar-refractivity contribution < 1.29 is 14.6 Å². The summed E-state index contributed by atoms with van der Waals surface area (Å²) in [7, 11) is 0. The van der Waals surface area contributed by atoms with Gasteiger partial charge in [0.1, 0.15) is 0 Å². The Labute approximate surface area is 347 Å². The molecule has 1 N–H and O–H groups in total. The average molecular weight is 775 g/mol. The molecule has 3 heteroatoms. The number of aliphatic hydroxyl groups is 1. The minimum absolute atomic E-state index is 0.0164. The number of aliphatic hydroxyl groups excluding tert-OH is 1. The van der Waals surface area contributed by atoms with E-state index in [1.54, 1.807) is 0 Å². The SMILES string of the molecule is CCCCC=CCCCCCCCC(=O)OCCCCCCCCCCCCCCCCCCCCCCCCCCCCCCCCCCCCCCO. The third kappa shape index (κ3) is 51.2. The van der Waals surface area contributed by atoms with Gasteiger partial charge in [0.25, 0.3) is 0 Å². The highest BCUT2D eigenvalue weighted by atomic mass is 16.5. The van der Waals surface area contributed by atoms with Crippen molar-refractivity contribution in [1.29, 1.82) is 0 Å². The fourth-order valence-electron chi connectivity index (χ4n) is 8.10. The molecule has 0 radical (unpaired) electrons. The van der Waals surface area contributed by atoms with Gasteiger partial charge in [-0.15, -0.1) is 0 Å². The van der Waals surface area contributed by atoms with Crippen molar-refractivity contribution in [2.24, 2.45) is 0 Å². The molecule has 0 aromatic rings. The second kappa shape index (κ2) is 51.2. The van der Waals surface area contributed by atoms with Crippen molar-refractivity contribution in [2.45, 2.75) is 302 Å². The number of carbonyl (C=O) groups excluding carboxylic acids is 1. The van der Waals surface area contributed by atoms with Crippen molar-refractivity contribution in [3.8, 4) is 0 Å². The lowest BCUT2D eigenvalue weighted by Crippen LogP contribution is -2.05. The van der Waals surface area contributed by atoms with Crippen molar-refractivity contribution in [3.63, 3.8) is 0 Å². The molecular formula is C52H102O3. The van der Waals surface area contributed by atoms with Crippen LogP contribution in [0.1, 0.15) is 302 Å². The maximum Gasteiger partial charge on any atom is 0.305 e. The molecule has 0 saturated heterocycles. The molecule has 0 saturated carbocycles. The second-order valence-corrected chi connectivity index (χ2v) is 17.6. The number of ether oxygens (including phenoxy) is 1. The number of hydrogen-bond donors (Lipinski definition) is 1. The van der Waals surface area contributed by atoms with Crippen LogP contribution in [0.15, 0.2) is 12.2 Å². The van der Waals surface area contributed by atoms with Gasteiger partial charge >= 0.3 is 5.97 Å². The minimum atomic E-state index is 0.0164. The molecule has 0 bridgehead atoms. The standard InChI is InChI=1S/C52H102O3/c1-2-3-4-5-6-7-34-37-40-43-46-49-52(54)55-51-48-45-42-39-36-33-31-29-27-25-23-21-19-17-15-13-11-9-8-10-12-14-16-18-20-22-24-26-28-30-32-35-38-41-44-47-50-53/h5-6,53H,2-4,7-51H2,1H3. The minimum Gasteiger partial charge on any atom is -0.466 e. The fourth-order valence-corrected chi connectivity index (χ4v) is 8.10. The van der Waals surface area contributed by atoms with Crippen molar-refractivity contribution >= 4 is 5.97 Å². The van der Waals surface area contributed by atoms with Crippen LogP contribution in [-0.4, -0.2) is 24.3 Å². The predicted octanol–water partition coefficient (Wildman–Crippen LogP) is 18.0. The summed E-state index contributed by atoms with van der Waals surface area (Å²) in [5.74, 6) is 0.0164. The first-order valence-corrected chi connectivity index (χ1v) is 25.7. The molecule has 0 atom stereocenters. The molecule has 0 spiro atoms. The lowest BCUT2D eigenvalue weighted by Gasteiger charge is -2.06. The van der Waals surface area contributed by atoms with E-state index < -0.39 is 0 Å². The van der Waals surface area contributed by atoms with Crippen molar-refractivity contribution in [1.82, 2.24) is 0 Å². The van der Waals surface area contributed by atoms with E-state index in [0.717, 1.165) is 25.7 Å². The first-order valence-electron chi connectivity index (χ1n) is 25.7. The zero-order valence-corrected chi connectivity index (χ0v) is 37.9. The Kier molecular flexibility index (Phi) is 50.4. The first kappa shape index (κ1) is 54.2. The normalized spacial score (nSPS) is 11.7. The molecule has 3 nitrogen and oxygen atoms in total. The molecule has 0 aromatic heterocycles. The Hall–Kier alpha value is -0.830. The third-order valence-electron chi connectivity index (χ3n) is 12.0. The summed E-state index contributed by atoms with van der Waals surface area (Å²) < 4.78 is 5.46. The quantitative estimate of drug-likeness (QED) is 0.0380. The van der Waals surface area contributed by atoms with Gasteiger partial charge in [-0.25, -0.2) is 0 Å². The molecule has 0 amide bonds. The number of rotatable bonds is 49. The van der Waals surface area contributed by atoms with E-state index in [-0.39, 0.29) is 5.97 Å². The molecule has 0 aliphatic rings. The smallest absolute Gasteiger partial charge is 0.305 e. The summed E-state index contributed by atoms with van der Waals surface area (Å²) in [6, 6.07) is 0. The summed E-state index contributed by atoms with van der Waals surface area (Å²) >= 11 is 0. The summed E-state index contributed by atoms with van der Waals surface area (Å²) in [6.07, 6.45) is 66.7. The van der Waals surface area contributed by atoms with Crippen LogP contribution in [0, 0.1) is 0 Å². The first-order chi connectivity index (χ1) is 27.3. The number of hydrogen-bond acceptors (Lipinski definition) is 3. The van der Waals surface area contributed by atoms with Gasteiger partial charge in [0.05, 0.1) is 6.61 Å². The van der Waals surface area contributed by atoms with Gasteiger partial charge in [0, 0.05) is 13.0 Å². The molecule has 55 heavy (non-hydrogen) atoms. The van der Waals surface area contributed by atoms with Crippen LogP contribution in [0.4, 0.5) is 0 Å². The van der Waals surface area contributed by atoms with E-state index in [1.165, 1.54) is 263 Å². The molecule has 0 aliphatic heterocycles. The van der Waals surface area contributed by atoms with Gasteiger partial charge in [-0.2, -0.15) is 0 Å². The van der Waals surface area contributed by atoms with E-state index in [1.807, 2.05) is 0 Å². The van der Waals surface area contributed by atoms with E-state index in [0.29, 0.717) is 19.6 Å². The van der Waals surface area contributed by atoms with Crippen molar-refractivity contribution in [2.75, 3.05) is 13.2 Å². The Morgan fingerprint density at radius 1 is 0.345 bits per heavy atom. The molecule has 0 rings (SSSR count). The topological polar surface area (TPSA) is 46.5 Å². The van der Waals surface area contributed by atoms with Gasteiger partial charge in [-0.1, -0.05) is 269 Å². The molecular weight excluding hydrogens is 673 g/mol. The molecule has 0 aliphatic carbocycles. The Balaban J connectivity index is 3.12. The second-order valence-electron chi connectivity index (χ2n) is 17.6. The molecule has 0 aromatic carbocycles. The van der Waals surface area contributed by atoms with Crippen LogP contribution in [0.2, 0.25) is 0 Å². The lowest BCUT2D eigenvalue weighted by molar-refractivity contribution is -0.143. The maximum absolute atomic E-state index is 12.0. The van der Waals surface area contributed by atoms with Crippen molar-refractivity contribution in [3.05, 3.63) is 12.2 Å². The van der Waals surface area contributed by atoms with E-state index >= 15 is 0 Å². The average Bonchev–Trinajstić information content (AvgIpc) is 3.19. The Morgan fingerprint density at radius 2 is 0.600 bits per heavy atom. The van der Waals surface area contributed by atoms with Gasteiger partial charge in [-0.05, 0) is 38.5 Å². The van der Waals surface area contributed by atoms with Gasteiger partial charge in [-0.3, -0.25) is 4.79 Å². The van der Waals surface area contributed by atoms with Gasteiger partial charge in [0.15, 0.2) is 0 Å². The zero-order valence-electron chi connectivity index (χ0n) is 37.9. The number of allylic oxidation sites excluding steroid dienone is 2. The van der Waals surface area contributed by atoms with Crippen LogP contribution >= 0.6 is 0 Å². The van der Waals surface area contributed by atoms with Gasteiger partial charge in [0.2, 0.25) is 0 Å². The lowest BCUT2D eigenvalue weighted by atomic mass is 10.0. The maximum atomic E-state index is 12.0. The summed E-state index contributed by atoms with van der Waals surface area (Å²) in [4.78, 5) is 12.0. The van der Waals surface area contributed by atoms with Crippen LogP contribution in [0.3, 0.4) is 0 Å². The predicted molar refractivity (Wildman–Crippen MR) is 245 cm³/mol. The number of esters is 1. The Bertz CT molecular complexity index is 718. The largest absolute Gasteiger partial charge is 0.466 e. The van der Waals surface area contributed by atoms with Gasteiger partial charge < -0.3 is 9.84 Å². The Morgan fingerprint density at radius 3 is 0.909 bits per heavy atom. The van der Waals surface area contributed by atoms with E-state index in [9.17, 15) is 4.79 Å². The zero-order chi connectivity index (χ0) is 39.6. The third-order valence-corrected chi connectivity index (χ3v) is 12.0. The van der Waals surface area contributed by atoms with E-state index in [4.69, 9.17) is 9.84 Å². The molecule has 328 valence electrons. The number of carbonyl (C=O) groups is 1. The monoisotopic (exact) mass is 775 g/mol. The highest BCUT2D eigenvalue weighted by molar-refractivity contribution is 5.69. The van der Waals surface area contributed by atoms with Crippen LogP contribution in [-0.2, 0) is 9.53 Å². The number of unbranched alkanes of at least 4 members (excludes halogenated alkanes) is 42. The van der Waals surface area contributed by atoms with E-state index in [2.05, 4.69) is 19.1 Å². The van der Waals surface area contributed by atoms with Crippen LogP contribution < -0.4 is 0 Å². The fraction of sp³-hybridized carbons (Fsp3) is 0.942. The van der Waals surface area contributed by atoms with Crippen LogP contribution in [0.5, 0.6) is 0 Å². The highest BCUT2D eigenvalue weighted by Crippen LogP contribution is 2.18. The molecule has 0 heterocycles. The summed E-state index contributed by atoms with van der Waals surface area (Å²) in [5, 5.41) is 8.82. The summed E-state index contributed by atoms with van der Waals surface area (Å²) in [6.45, 7) is 3.24. The highest BCUT2D eigenvalue weighted by Gasteiger charge is 2.03. The molecule has 0 fully saturated rings. The molecule has 0 unspecified atom stereocenters. The van der Waals surface area contributed by atoms with Crippen LogP contribution in [0.25, 0.3) is 0 Å².